The molecule has 0 aromatic carbocycles. The molecular weight excluding hydrogens is 164 g/mol. The second-order valence-electron chi connectivity index (χ2n) is 3.96. The fraction of sp³-hybridized carbons (Fsp3) is 0.636. The van der Waals surface area contributed by atoms with Crippen molar-refractivity contribution in [1.29, 1.82) is 0 Å². The Kier molecular flexibility index (Phi) is 4.03. The molecule has 0 fully saturated rings. The van der Waals surface area contributed by atoms with Gasteiger partial charge in [0.25, 0.3) is 0 Å². The molecule has 0 aliphatic carbocycles. The molecule has 0 spiro atoms. The van der Waals surface area contributed by atoms with Gasteiger partial charge < -0.3 is 9.52 Å². The summed E-state index contributed by atoms with van der Waals surface area (Å²) in [5.74, 6) is 0.666. The molecule has 0 bridgehead atoms. The van der Waals surface area contributed by atoms with E-state index in [9.17, 15) is 5.11 Å². The van der Waals surface area contributed by atoms with Crippen LogP contribution in [0.1, 0.15) is 32.3 Å². The van der Waals surface area contributed by atoms with E-state index in [1.54, 1.807) is 12.5 Å². The summed E-state index contributed by atoms with van der Waals surface area (Å²) in [4.78, 5) is 0. The van der Waals surface area contributed by atoms with E-state index in [0.717, 1.165) is 18.4 Å². The highest BCUT2D eigenvalue weighted by Crippen LogP contribution is 2.11. The highest BCUT2D eigenvalue weighted by molar-refractivity contribution is 5.06. The normalized spacial score (nSPS) is 13.5. The van der Waals surface area contributed by atoms with Gasteiger partial charge in [0.15, 0.2) is 0 Å². The lowest BCUT2D eigenvalue weighted by Crippen LogP contribution is -2.10. The SMILES string of the molecule is CC(C)CCC(O)Cc1ccoc1. The van der Waals surface area contributed by atoms with E-state index >= 15 is 0 Å². The molecule has 74 valence electrons. The smallest absolute Gasteiger partial charge is 0.0935 e. The third kappa shape index (κ3) is 4.13. The summed E-state index contributed by atoms with van der Waals surface area (Å²) in [5, 5.41) is 9.63. The van der Waals surface area contributed by atoms with Crippen molar-refractivity contribution < 1.29 is 9.52 Å². The highest BCUT2D eigenvalue weighted by Gasteiger charge is 2.07. The number of hydrogen-bond acceptors (Lipinski definition) is 2. The van der Waals surface area contributed by atoms with E-state index in [0.29, 0.717) is 12.3 Å². The number of rotatable bonds is 5. The van der Waals surface area contributed by atoms with Gasteiger partial charge in [0, 0.05) is 6.42 Å². The minimum absolute atomic E-state index is 0.222. The van der Waals surface area contributed by atoms with Crippen molar-refractivity contribution in [1.82, 2.24) is 0 Å². The first-order chi connectivity index (χ1) is 6.18. The zero-order valence-corrected chi connectivity index (χ0v) is 8.36. The van der Waals surface area contributed by atoms with Crippen LogP contribution in [0.4, 0.5) is 0 Å². The van der Waals surface area contributed by atoms with E-state index in [1.165, 1.54) is 0 Å². The van der Waals surface area contributed by atoms with Gasteiger partial charge in [0.2, 0.25) is 0 Å². The molecule has 13 heavy (non-hydrogen) atoms. The van der Waals surface area contributed by atoms with Crippen LogP contribution in [0, 0.1) is 5.92 Å². The minimum Gasteiger partial charge on any atom is -0.472 e. The molecule has 0 saturated heterocycles. The molecule has 1 rings (SSSR count). The summed E-state index contributed by atoms with van der Waals surface area (Å²) in [6.07, 6.45) is 5.79. The number of aliphatic hydroxyl groups excluding tert-OH is 1. The number of hydrogen-bond donors (Lipinski definition) is 1. The fourth-order valence-electron chi connectivity index (χ4n) is 1.31. The Morgan fingerprint density at radius 2 is 2.15 bits per heavy atom. The lowest BCUT2D eigenvalue weighted by Gasteiger charge is -2.10. The Morgan fingerprint density at radius 1 is 1.38 bits per heavy atom. The molecule has 0 aliphatic heterocycles. The lowest BCUT2D eigenvalue weighted by atomic mass is 10.0. The second kappa shape index (κ2) is 5.07. The van der Waals surface area contributed by atoms with Crippen LogP contribution in [0.25, 0.3) is 0 Å². The van der Waals surface area contributed by atoms with Crippen LogP contribution in [0.5, 0.6) is 0 Å². The van der Waals surface area contributed by atoms with Gasteiger partial charge in [-0.05, 0) is 30.4 Å². The van der Waals surface area contributed by atoms with Crippen LogP contribution in [0.3, 0.4) is 0 Å². The van der Waals surface area contributed by atoms with Crippen LogP contribution in [-0.2, 0) is 6.42 Å². The topological polar surface area (TPSA) is 33.4 Å². The van der Waals surface area contributed by atoms with Crippen molar-refractivity contribution in [3.63, 3.8) is 0 Å². The van der Waals surface area contributed by atoms with Gasteiger partial charge in [-0.15, -0.1) is 0 Å². The molecular formula is C11H18O2. The van der Waals surface area contributed by atoms with Crippen molar-refractivity contribution in [3.8, 4) is 0 Å². The van der Waals surface area contributed by atoms with Crippen LogP contribution in [-0.4, -0.2) is 11.2 Å². The van der Waals surface area contributed by atoms with Gasteiger partial charge in [0.05, 0.1) is 18.6 Å². The first-order valence-electron chi connectivity index (χ1n) is 4.87. The largest absolute Gasteiger partial charge is 0.472 e. The Hall–Kier alpha value is -0.760. The van der Waals surface area contributed by atoms with Crippen LogP contribution in [0.2, 0.25) is 0 Å². The van der Waals surface area contributed by atoms with Crippen LogP contribution in [0.15, 0.2) is 23.0 Å². The molecule has 1 aromatic rings. The van der Waals surface area contributed by atoms with E-state index in [4.69, 9.17) is 4.42 Å². The monoisotopic (exact) mass is 182 g/mol. The molecule has 1 heterocycles. The molecule has 1 aromatic heterocycles. The lowest BCUT2D eigenvalue weighted by molar-refractivity contribution is 0.156. The van der Waals surface area contributed by atoms with Gasteiger partial charge in [-0.3, -0.25) is 0 Å². The summed E-state index contributed by atoms with van der Waals surface area (Å²) in [6.45, 7) is 4.34. The summed E-state index contributed by atoms with van der Waals surface area (Å²) < 4.78 is 4.93. The fourth-order valence-corrected chi connectivity index (χ4v) is 1.31. The molecule has 1 unspecified atom stereocenters. The zero-order valence-electron chi connectivity index (χ0n) is 8.36. The Bertz CT molecular complexity index is 214. The molecule has 2 nitrogen and oxygen atoms in total. The molecule has 1 atom stereocenters. The van der Waals surface area contributed by atoms with Crippen LogP contribution < -0.4 is 0 Å². The summed E-state index contributed by atoms with van der Waals surface area (Å²) in [7, 11) is 0. The van der Waals surface area contributed by atoms with Crippen molar-refractivity contribution >= 4 is 0 Å². The second-order valence-corrected chi connectivity index (χ2v) is 3.96. The average Bonchev–Trinajstić information content (AvgIpc) is 2.53. The van der Waals surface area contributed by atoms with E-state index in [2.05, 4.69) is 13.8 Å². The van der Waals surface area contributed by atoms with Gasteiger partial charge in [-0.2, -0.15) is 0 Å². The van der Waals surface area contributed by atoms with Crippen molar-refractivity contribution in [2.75, 3.05) is 0 Å². The zero-order chi connectivity index (χ0) is 9.68. The first kappa shape index (κ1) is 10.3. The molecule has 0 aliphatic rings. The summed E-state index contributed by atoms with van der Waals surface area (Å²) in [5.41, 5.74) is 1.08. The number of aliphatic hydroxyl groups is 1. The van der Waals surface area contributed by atoms with Gasteiger partial charge in [-0.1, -0.05) is 13.8 Å². The van der Waals surface area contributed by atoms with E-state index in [1.807, 2.05) is 6.07 Å². The van der Waals surface area contributed by atoms with Gasteiger partial charge in [-0.25, -0.2) is 0 Å². The van der Waals surface area contributed by atoms with Crippen molar-refractivity contribution in [3.05, 3.63) is 24.2 Å². The molecule has 2 heteroatoms. The minimum atomic E-state index is -0.222. The number of furan rings is 1. The molecule has 0 radical (unpaired) electrons. The maximum atomic E-state index is 9.63. The van der Waals surface area contributed by atoms with Crippen molar-refractivity contribution in [2.45, 2.75) is 39.2 Å². The summed E-state index contributed by atoms with van der Waals surface area (Å²) in [6, 6.07) is 1.90. The van der Waals surface area contributed by atoms with Crippen molar-refractivity contribution in [2.24, 2.45) is 5.92 Å². The van der Waals surface area contributed by atoms with E-state index < -0.39 is 0 Å². The third-order valence-electron chi connectivity index (χ3n) is 2.13. The standard InChI is InChI=1S/C11H18O2/c1-9(2)3-4-11(12)7-10-5-6-13-8-10/h5-6,8-9,11-12H,3-4,7H2,1-2H3. The molecule has 0 amide bonds. The Labute approximate surface area is 79.6 Å². The molecule has 1 N–H and O–H groups in total. The van der Waals surface area contributed by atoms with Gasteiger partial charge >= 0.3 is 0 Å². The Balaban J connectivity index is 2.22. The third-order valence-corrected chi connectivity index (χ3v) is 2.13. The summed E-state index contributed by atoms with van der Waals surface area (Å²) >= 11 is 0. The predicted molar refractivity (Wildman–Crippen MR) is 52.5 cm³/mol. The average molecular weight is 182 g/mol. The predicted octanol–water partition coefficient (Wildman–Crippen LogP) is 2.62. The maximum absolute atomic E-state index is 9.63. The highest BCUT2D eigenvalue weighted by atomic mass is 16.3. The van der Waals surface area contributed by atoms with Crippen LogP contribution >= 0.6 is 0 Å². The maximum Gasteiger partial charge on any atom is 0.0935 e. The molecule has 0 saturated carbocycles. The quantitative estimate of drug-likeness (QED) is 0.759. The first-order valence-corrected chi connectivity index (χ1v) is 4.87. The van der Waals surface area contributed by atoms with Gasteiger partial charge in [0.1, 0.15) is 0 Å². The Morgan fingerprint density at radius 3 is 2.69 bits per heavy atom. The van der Waals surface area contributed by atoms with E-state index in [-0.39, 0.29) is 6.10 Å².